The summed E-state index contributed by atoms with van der Waals surface area (Å²) in [7, 11) is 0. The van der Waals surface area contributed by atoms with Crippen molar-refractivity contribution in [3.63, 3.8) is 0 Å². The van der Waals surface area contributed by atoms with Crippen LogP contribution >= 0.6 is 35.7 Å². The zero-order chi connectivity index (χ0) is 17.0. The number of carbonyl (C=O) groups is 2. The molecule has 0 aromatic rings. The molecule has 0 bridgehead atoms. The minimum Gasteiger partial charge on any atom is -0.356 e. The smallest absolute Gasteiger partial charge is 0.233 e. The first kappa shape index (κ1) is 21.7. The summed E-state index contributed by atoms with van der Waals surface area (Å²) in [4.78, 5) is 22.9. The summed E-state index contributed by atoms with van der Waals surface area (Å²) in [5.41, 5.74) is 5.19. The summed E-state index contributed by atoms with van der Waals surface area (Å²) < 4.78 is 0.867. The Bertz CT molecular complexity index is 367. The van der Waals surface area contributed by atoms with Crippen molar-refractivity contribution in [1.29, 1.82) is 0 Å². The second-order valence-electron chi connectivity index (χ2n) is 4.97. The maximum Gasteiger partial charge on any atom is 0.233 e. The first-order valence-electron chi connectivity index (χ1n) is 7.41. The fourth-order valence-electron chi connectivity index (χ4n) is 1.61. The van der Waals surface area contributed by atoms with E-state index < -0.39 is 0 Å². The van der Waals surface area contributed by atoms with Crippen molar-refractivity contribution in [3.8, 4) is 0 Å². The van der Waals surface area contributed by atoms with Gasteiger partial charge in [0.2, 0.25) is 11.8 Å². The molecule has 0 aromatic heterocycles. The molecule has 2 atom stereocenters. The summed E-state index contributed by atoms with van der Waals surface area (Å²) in [5, 5.41) is 5.85. The third-order valence-corrected chi connectivity index (χ3v) is 6.11. The lowest BCUT2D eigenvalue weighted by Crippen LogP contribution is -2.34. The van der Waals surface area contributed by atoms with E-state index in [1.54, 1.807) is 11.8 Å². The fourth-order valence-corrected chi connectivity index (χ4v) is 3.54. The predicted octanol–water partition coefficient (Wildman–Crippen LogP) is 1.75. The van der Waals surface area contributed by atoms with Gasteiger partial charge in [-0.2, -0.15) is 0 Å². The number of thioether (sulfide) groups is 2. The summed E-state index contributed by atoms with van der Waals surface area (Å²) in [5.74, 6) is -0.129. The average Bonchev–Trinajstić information content (AvgIpc) is 2.52. The summed E-state index contributed by atoms with van der Waals surface area (Å²) >= 11 is 8.28. The minimum absolute atomic E-state index is 0.0319. The fraction of sp³-hybridized carbons (Fsp3) is 0.786. The molecule has 22 heavy (non-hydrogen) atoms. The van der Waals surface area contributed by atoms with Gasteiger partial charge in [0.1, 0.15) is 3.53 Å². The predicted molar refractivity (Wildman–Crippen MR) is 101 cm³/mol. The number of nitrogens with two attached hydrogens (primary N) is 1. The Hall–Kier alpha value is -0.310. The zero-order valence-corrected chi connectivity index (χ0v) is 16.0. The van der Waals surface area contributed by atoms with Crippen molar-refractivity contribution in [2.45, 2.75) is 38.4 Å². The lowest BCUT2D eigenvalue weighted by atomic mass is 10.1. The van der Waals surface area contributed by atoms with Crippen molar-refractivity contribution in [3.05, 3.63) is 0 Å². The van der Waals surface area contributed by atoms with Gasteiger partial charge in [-0.1, -0.05) is 26.1 Å². The molecule has 0 aromatic carbocycles. The second kappa shape index (κ2) is 13.2. The van der Waals surface area contributed by atoms with Gasteiger partial charge >= 0.3 is 0 Å². The number of hydrogen-bond acceptors (Lipinski definition) is 6. The Morgan fingerprint density at radius 2 is 1.73 bits per heavy atom. The van der Waals surface area contributed by atoms with E-state index in [4.69, 9.17) is 18.0 Å². The maximum atomic E-state index is 12.0. The van der Waals surface area contributed by atoms with Gasteiger partial charge in [-0.05, 0) is 25.5 Å². The van der Waals surface area contributed by atoms with Crippen LogP contribution in [0.4, 0.5) is 0 Å². The molecule has 2 amide bonds. The van der Waals surface area contributed by atoms with Crippen LogP contribution in [-0.4, -0.2) is 46.5 Å². The molecule has 0 rings (SSSR count). The van der Waals surface area contributed by atoms with Gasteiger partial charge < -0.3 is 16.4 Å². The molecule has 0 spiro atoms. The summed E-state index contributed by atoms with van der Waals surface area (Å²) in [6.45, 7) is 5.29. The molecule has 0 heterocycles. The van der Waals surface area contributed by atoms with Gasteiger partial charge in [-0.15, -0.1) is 23.5 Å². The molecule has 2 unspecified atom stereocenters. The van der Waals surface area contributed by atoms with E-state index in [1.807, 2.05) is 20.1 Å². The van der Waals surface area contributed by atoms with E-state index in [1.165, 1.54) is 11.8 Å². The van der Waals surface area contributed by atoms with Crippen molar-refractivity contribution >= 4 is 51.1 Å². The van der Waals surface area contributed by atoms with Gasteiger partial charge in [-0.3, -0.25) is 9.59 Å². The van der Waals surface area contributed by atoms with Crippen LogP contribution in [-0.2, 0) is 9.59 Å². The molecular weight excluding hydrogens is 338 g/mol. The molecule has 128 valence electrons. The highest BCUT2D eigenvalue weighted by atomic mass is 32.2. The maximum absolute atomic E-state index is 12.0. The van der Waals surface area contributed by atoms with Crippen LogP contribution in [0.3, 0.4) is 0 Å². The first-order valence-corrected chi connectivity index (χ1v) is 9.92. The van der Waals surface area contributed by atoms with Gasteiger partial charge in [0.15, 0.2) is 0 Å². The van der Waals surface area contributed by atoms with Crippen molar-refractivity contribution in [2.75, 3.05) is 25.9 Å². The topological polar surface area (TPSA) is 84.2 Å². The van der Waals surface area contributed by atoms with Gasteiger partial charge in [0.25, 0.3) is 0 Å². The standard InChI is InChI=1S/C14H27N3O2S3/c1-10(11(2)22-14(20)21-3)13(19)17-8-6-4-5-7-16-12(18)9-15/h10-11H,4-9,15H2,1-3H3,(H,16,18)(H,17,19). The van der Waals surface area contributed by atoms with E-state index in [2.05, 4.69) is 10.6 Å². The molecule has 8 heteroatoms. The normalized spacial score (nSPS) is 13.3. The number of nitrogens with one attached hydrogen (secondary N) is 2. The van der Waals surface area contributed by atoms with E-state index >= 15 is 0 Å². The van der Waals surface area contributed by atoms with E-state index in [0.29, 0.717) is 13.1 Å². The quantitative estimate of drug-likeness (QED) is 0.404. The van der Waals surface area contributed by atoms with Crippen molar-refractivity contribution < 1.29 is 9.59 Å². The Morgan fingerprint density at radius 3 is 2.27 bits per heavy atom. The average molecular weight is 366 g/mol. The highest BCUT2D eigenvalue weighted by molar-refractivity contribution is 8.47. The highest BCUT2D eigenvalue weighted by Gasteiger charge is 2.21. The molecule has 0 aliphatic rings. The van der Waals surface area contributed by atoms with Gasteiger partial charge in [0.05, 0.1) is 6.54 Å². The number of rotatable bonds is 10. The van der Waals surface area contributed by atoms with E-state index in [0.717, 1.165) is 22.8 Å². The largest absolute Gasteiger partial charge is 0.356 e. The number of unbranched alkanes of at least 4 members (excludes halogenated alkanes) is 2. The lowest BCUT2D eigenvalue weighted by molar-refractivity contribution is -0.124. The third kappa shape index (κ3) is 10.4. The van der Waals surface area contributed by atoms with Gasteiger partial charge in [0, 0.05) is 24.3 Å². The molecule has 0 fully saturated rings. The molecular formula is C14H27N3O2S3. The van der Waals surface area contributed by atoms with E-state index in [-0.39, 0.29) is 29.5 Å². The van der Waals surface area contributed by atoms with Crippen LogP contribution in [0.25, 0.3) is 0 Å². The first-order chi connectivity index (χ1) is 10.4. The van der Waals surface area contributed by atoms with Crippen LogP contribution in [0.15, 0.2) is 0 Å². The van der Waals surface area contributed by atoms with Crippen LogP contribution < -0.4 is 16.4 Å². The molecule has 0 radical (unpaired) electrons. The monoisotopic (exact) mass is 365 g/mol. The van der Waals surface area contributed by atoms with Crippen LogP contribution in [0.1, 0.15) is 33.1 Å². The number of hydrogen-bond donors (Lipinski definition) is 3. The highest BCUT2D eigenvalue weighted by Crippen LogP contribution is 2.25. The Labute approximate surface area is 147 Å². The van der Waals surface area contributed by atoms with Crippen LogP contribution in [0.2, 0.25) is 0 Å². The van der Waals surface area contributed by atoms with Crippen LogP contribution in [0.5, 0.6) is 0 Å². The van der Waals surface area contributed by atoms with Crippen molar-refractivity contribution in [2.24, 2.45) is 11.7 Å². The Balaban J connectivity index is 3.71. The lowest BCUT2D eigenvalue weighted by Gasteiger charge is -2.18. The molecule has 4 N–H and O–H groups in total. The molecule has 0 saturated heterocycles. The van der Waals surface area contributed by atoms with Gasteiger partial charge in [-0.25, -0.2) is 0 Å². The zero-order valence-electron chi connectivity index (χ0n) is 13.5. The van der Waals surface area contributed by atoms with Crippen LogP contribution in [0, 0.1) is 5.92 Å². The number of thiocarbonyl (C=S) groups is 1. The molecule has 0 saturated carbocycles. The summed E-state index contributed by atoms with van der Waals surface area (Å²) in [6.07, 6.45) is 4.70. The third-order valence-electron chi connectivity index (χ3n) is 3.23. The number of carbonyl (C=O) groups excluding carboxylic acids is 2. The molecule has 0 aliphatic heterocycles. The Kier molecular flexibility index (Phi) is 13.0. The SMILES string of the molecule is CSC(=S)SC(C)C(C)C(=O)NCCCCCNC(=O)CN. The second-order valence-corrected chi connectivity index (χ2v) is 8.36. The molecule has 0 aliphatic carbocycles. The molecule has 5 nitrogen and oxygen atoms in total. The Morgan fingerprint density at radius 1 is 1.14 bits per heavy atom. The van der Waals surface area contributed by atoms with E-state index in [9.17, 15) is 9.59 Å². The summed E-state index contributed by atoms with van der Waals surface area (Å²) in [6, 6.07) is 0. The minimum atomic E-state index is -0.128. The number of amides is 2. The van der Waals surface area contributed by atoms with Crippen molar-refractivity contribution in [1.82, 2.24) is 10.6 Å².